The van der Waals surface area contributed by atoms with Crippen LogP contribution in [0.15, 0.2) is 169 Å². The number of ketones is 3. The summed E-state index contributed by atoms with van der Waals surface area (Å²) in [6.45, 7) is 65.2. The number of fused-ring (bicyclic) bond motifs is 11. The molecule has 5 N–H and O–H groups in total. The van der Waals surface area contributed by atoms with E-state index < -0.39 is 11.5 Å². The number of aryl methyl sites for hydroxylation is 4. The second-order valence-electron chi connectivity index (χ2n) is 44.8. The third kappa shape index (κ3) is 17.9. The summed E-state index contributed by atoms with van der Waals surface area (Å²) in [5.74, 6) is 3.36. The number of hydrogen-bond acceptors (Lipinski definition) is 10. The van der Waals surface area contributed by atoms with Gasteiger partial charge in [-0.3, -0.25) is 14.4 Å². The van der Waals surface area contributed by atoms with E-state index in [1.165, 1.54) is 104 Å². The van der Waals surface area contributed by atoms with Crippen LogP contribution in [-0.2, 0) is 82.6 Å². The highest BCUT2D eigenvalue weighted by atomic mass is 16.5. The van der Waals surface area contributed by atoms with Crippen LogP contribution in [0.1, 0.15) is 365 Å². The van der Waals surface area contributed by atoms with E-state index in [2.05, 4.69) is 281 Å². The molecule has 0 fully saturated rings. The first kappa shape index (κ1) is 97.5. The van der Waals surface area contributed by atoms with Gasteiger partial charge in [0.1, 0.15) is 35.8 Å². The molecule has 8 aromatic carbocycles. The summed E-state index contributed by atoms with van der Waals surface area (Å²) >= 11 is 0. The number of para-hydroxylation sites is 3. The first-order chi connectivity index (χ1) is 59.8. The van der Waals surface area contributed by atoms with Gasteiger partial charge < -0.3 is 39.8 Å². The third-order valence-corrected chi connectivity index (χ3v) is 31.1. The maximum Gasteiger partial charge on any atom is 0.407 e. The van der Waals surface area contributed by atoms with Crippen molar-refractivity contribution in [1.82, 2.24) is 9.88 Å². The number of amides is 1. The van der Waals surface area contributed by atoms with E-state index in [4.69, 9.17) is 9.47 Å². The highest BCUT2D eigenvalue weighted by Crippen LogP contribution is 2.65. The number of phenols is 4. The largest absolute Gasteiger partial charge is 0.508 e. The normalized spacial score (nSPS) is 20.3. The van der Waals surface area contributed by atoms with Crippen molar-refractivity contribution in [2.45, 2.75) is 331 Å². The Morgan fingerprint density at radius 3 is 1.50 bits per heavy atom. The number of allylic oxidation sites excluding steroid dienone is 6. The number of benzene rings is 8. The van der Waals surface area contributed by atoms with Crippen molar-refractivity contribution in [3.8, 4) is 34.5 Å². The molecule has 17 rings (SSSR count). The zero-order chi connectivity index (χ0) is 95.5. The molecule has 1 amide bonds. The van der Waals surface area contributed by atoms with Crippen LogP contribution in [0.4, 0.5) is 4.79 Å². The average Bonchev–Trinajstić information content (AvgIpc) is 1.53. The van der Waals surface area contributed by atoms with Gasteiger partial charge in [0, 0.05) is 58.2 Å². The standard InChI is InChI=1S/C24H27N2O.C22H26O3.C18H26O.C18H28O.C18H26O.C16H15NO3/c1-15-22(18-11-7-9-13-20(18)25(15)5)24(4,17(3)27)23-16(2)26(6)21-14-10-8-12-19(21)23;1-12-6-13-15(8-17(12)23)22(10-20(13,2)3)11-21(4,5)14-7-18(24)19(25)9-16(14)22;1-11-8-16-15(9-14(11)13(3)19)17(4,5)10-12(2)18(16,6)7;1-16(2,3)14-10-12-13(11-15(14)19)18(6,7)9-8-17(12,4)5;1-7-13-10-15-16(11-14(13)12(2)19)18(5,6)9-8-17(15,3)4;1-2-19-16(18)17-15-11-7-3-5-9-13(11)20-14-10-6-4-8-12(14)15/h7-13H,14H2,1-6H3;6-9,23-25H,10-11H2,1-5H3;8-9,12H,10H2,1-7H3;10-11,19H,8-9H2,1-7H3;10-11H,7-9H2,1-6H3;3-10,15H,2H2,1H3,(H,17,18)/q+1;;;;;/t;;12-;;;/m..1.../s1. The summed E-state index contributed by atoms with van der Waals surface area (Å²) in [5, 5.41) is 45.1. The molecule has 3 heterocycles. The second kappa shape index (κ2) is 35.0. The summed E-state index contributed by atoms with van der Waals surface area (Å²) < 4.78 is 15.3. The molecule has 13 heteroatoms. The van der Waals surface area contributed by atoms with Crippen molar-refractivity contribution in [1.29, 1.82) is 0 Å². The first-order valence-electron chi connectivity index (χ1n) is 47.0. The van der Waals surface area contributed by atoms with Crippen LogP contribution in [0, 0.1) is 26.7 Å². The van der Waals surface area contributed by atoms with Gasteiger partial charge in [-0.05, 0) is 306 Å². The summed E-state index contributed by atoms with van der Waals surface area (Å²) in [6, 6.07) is 44.2. The molecule has 0 saturated carbocycles. The molecule has 0 saturated heterocycles. The maximum atomic E-state index is 13.3. The van der Waals surface area contributed by atoms with Crippen LogP contribution in [0.3, 0.4) is 0 Å². The van der Waals surface area contributed by atoms with E-state index in [0.717, 1.165) is 110 Å². The summed E-state index contributed by atoms with van der Waals surface area (Å²) in [5.41, 5.74) is 29.3. The van der Waals surface area contributed by atoms with E-state index in [9.17, 15) is 39.6 Å². The Kier molecular flexibility index (Phi) is 26.4. The van der Waals surface area contributed by atoms with Crippen molar-refractivity contribution >= 4 is 40.1 Å². The minimum Gasteiger partial charge on any atom is -0.508 e. The van der Waals surface area contributed by atoms with Crippen LogP contribution in [0.2, 0.25) is 0 Å². The van der Waals surface area contributed by atoms with Crippen molar-refractivity contribution in [2.24, 2.45) is 13.0 Å². The number of Topliss-reactive ketones (excluding diaryl/α,β-unsaturated/α-hetero) is 3. The summed E-state index contributed by atoms with van der Waals surface area (Å²) in [6.07, 6.45) is 15.7. The molecular formula is C116H148N3O10+. The lowest BCUT2D eigenvalue weighted by Gasteiger charge is -2.47. The predicted molar refractivity (Wildman–Crippen MR) is 529 cm³/mol. The Morgan fingerprint density at radius 1 is 0.535 bits per heavy atom. The van der Waals surface area contributed by atoms with Gasteiger partial charge in [0.05, 0.1) is 35.6 Å². The number of carbonyl (C=O) groups is 4. The molecule has 2 unspecified atom stereocenters. The molecule has 686 valence electrons. The topological polar surface area (TPSA) is 188 Å². The van der Waals surface area contributed by atoms with E-state index in [-0.39, 0.29) is 89.0 Å². The fourth-order valence-electron chi connectivity index (χ4n) is 22.8. The SMILES string of the molecule is CC(=O)C(C)(C1=C(C)[N+](C)=C2CC=CC=C12)c1c(C)n(C)c2ccccc12.CC(=O)c1cc2c(cc1C)C(C)(C)[C@H](C)CC2(C)C.CC(C)(C)c1cc2c(cc1O)C(C)(C)CCC2(C)C.CCOC(=O)NC1c2ccccc2Oc2ccccc21.CCc1cc2c(cc1C(C)=O)C(C)(C)CCC2(C)C.Cc1cc2c(cc1O)C1(CC2(C)C)CC(C)(C)c2cc(O)c(O)cc21. The molecule has 8 aliphatic rings. The second-order valence-corrected chi connectivity index (χ2v) is 44.8. The molecule has 1 spiro atoms. The van der Waals surface area contributed by atoms with Crippen LogP contribution in [0.5, 0.6) is 34.5 Å². The van der Waals surface area contributed by atoms with Crippen molar-refractivity contribution in [3.63, 3.8) is 0 Å². The van der Waals surface area contributed by atoms with Crippen LogP contribution < -0.4 is 10.1 Å². The summed E-state index contributed by atoms with van der Waals surface area (Å²) in [7, 11) is 4.20. The number of phenolic OH excluding ortho intramolecular Hbond substituents is 4. The minimum atomic E-state index is -0.692. The molecule has 9 aromatic rings. The van der Waals surface area contributed by atoms with E-state index >= 15 is 0 Å². The van der Waals surface area contributed by atoms with Gasteiger partial charge in [-0.25, -0.2) is 9.37 Å². The zero-order valence-corrected chi connectivity index (χ0v) is 83.8. The van der Waals surface area contributed by atoms with Crippen molar-refractivity contribution in [2.75, 3.05) is 13.7 Å². The van der Waals surface area contributed by atoms with E-state index in [1.807, 2.05) is 67.6 Å². The third-order valence-electron chi connectivity index (χ3n) is 31.1. The van der Waals surface area contributed by atoms with Gasteiger partial charge in [0.25, 0.3) is 0 Å². The Morgan fingerprint density at radius 2 is 0.984 bits per heavy atom. The van der Waals surface area contributed by atoms with Gasteiger partial charge in [-0.2, -0.15) is 0 Å². The molecule has 2 aliphatic heterocycles. The number of nitrogens with zero attached hydrogens (tertiary/aromatic N) is 2. The van der Waals surface area contributed by atoms with Gasteiger partial charge in [-0.1, -0.05) is 236 Å². The fourth-order valence-corrected chi connectivity index (χ4v) is 22.8. The van der Waals surface area contributed by atoms with Gasteiger partial charge >= 0.3 is 6.09 Å². The maximum absolute atomic E-state index is 13.3. The number of rotatable bonds is 8. The number of nitrogens with one attached hydrogen (secondary N) is 1. The first-order valence-corrected chi connectivity index (χ1v) is 47.0. The number of hydrogen-bond donors (Lipinski definition) is 5. The number of carbonyl (C=O) groups excluding carboxylic acids is 4. The molecule has 129 heavy (non-hydrogen) atoms. The number of alkyl carbamates (subject to hydrolysis) is 1. The molecule has 0 bridgehead atoms. The molecule has 13 nitrogen and oxygen atoms in total. The quantitative estimate of drug-likeness (QED) is 0.0557. The average molecular weight is 1740 g/mol. The molecule has 0 radical (unpaired) electrons. The van der Waals surface area contributed by atoms with E-state index in [0.29, 0.717) is 24.0 Å². The van der Waals surface area contributed by atoms with Crippen molar-refractivity contribution in [3.05, 3.63) is 280 Å². The lowest BCUT2D eigenvalue weighted by Crippen LogP contribution is -2.40. The monoisotopic (exact) mass is 1740 g/mol. The summed E-state index contributed by atoms with van der Waals surface area (Å²) in [4.78, 5) is 48.7. The Hall–Kier alpha value is -10.5. The van der Waals surface area contributed by atoms with Crippen molar-refractivity contribution < 1.29 is 53.7 Å². The minimum absolute atomic E-state index is 0.0149. The lowest BCUT2D eigenvalue weighted by atomic mass is 9.58. The molecular weight excluding hydrogens is 1600 g/mol. The Labute approximate surface area is 771 Å². The number of aromatic nitrogens is 1. The van der Waals surface area contributed by atoms with Gasteiger partial charge in [-0.15, -0.1) is 0 Å². The molecule has 1 aromatic heterocycles. The predicted octanol–water partition coefficient (Wildman–Crippen LogP) is 27.6. The lowest BCUT2D eigenvalue weighted by molar-refractivity contribution is -0.441. The highest BCUT2D eigenvalue weighted by molar-refractivity contribution is 6.10. The van der Waals surface area contributed by atoms with Gasteiger partial charge in [0.2, 0.25) is 0 Å². The van der Waals surface area contributed by atoms with Gasteiger partial charge in [0.15, 0.2) is 34.5 Å². The van der Waals surface area contributed by atoms with Crippen LogP contribution >= 0.6 is 0 Å². The Bertz CT molecular complexity index is 5980. The van der Waals surface area contributed by atoms with E-state index in [1.54, 1.807) is 39.8 Å². The van der Waals surface area contributed by atoms with Crippen LogP contribution in [0.25, 0.3) is 10.9 Å². The zero-order valence-electron chi connectivity index (χ0n) is 83.8. The molecule has 6 aliphatic carbocycles. The number of ether oxygens (including phenoxy) is 2. The smallest absolute Gasteiger partial charge is 0.407 e. The fraction of sp³-hybridized carbons (Fsp3) is 0.474. The number of aromatic hydroxyl groups is 4. The molecule has 3 atom stereocenters. The highest BCUT2D eigenvalue weighted by Gasteiger charge is 2.58. The van der Waals surface area contributed by atoms with Crippen LogP contribution in [-0.4, -0.2) is 72.4 Å². The Balaban J connectivity index is 0.000000141.